The monoisotopic (exact) mass is 441 g/mol. The van der Waals surface area contributed by atoms with Crippen LogP contribution in [0.25, 0.3) is 0 Å². The smallest absolute Gasteiger partial charge is 0.323 e. The molecule has 0 saturated heterocycles. The van der Waals surface area contributed by atoms with Crippen molar-refractivity contribution < 1.29 is 18.1 Å². The Hall–Kier alpha value is -3.96. The zero-order chi connectivity index (χ0) is 22.4. The van der Waals surface area contributed by atoms with Crippen LogP contribution in [0.4, 0.5) is 27.5 Å². The predicted molar refractivity (Wildman–Crippen MR) is 117 cm³/mol. The summed E-state index contributed by atoms with van der Waals surface area (Å²) >= 11 is 0. The van der Waals surface area contributed by atoms with Crippen molar-refractivity contribution in [2.45, 2.75) is 11.4 Å². The first-order valence-electron chi connectivity index (χ1n) is 9.02. The van der Waals surface area contributed by atoms with Crippen LogP contribution in [0.2, 0.25) is 0 Å². The third-order valence-electron chi connectivity index (χ3n) is 4.23. The molecule has 3 rings (SSSR count). The average Bonchev–Trinajstić information content (AvgIpc) is 2.75. The lowest BCUT2D eigenvalue weighted by molar-refractivity contribution is -0.383. The molecule has 0 saturated carbocycles. The summed E-state index contributed by atoms with van der Waals surface area (Å²) in [5.74, 6) is 0. The molecule has 3 aromatic rings. The van der Waals surface area contributed by atoms with Crippen LogP contribution in [0.15, 0.2) is 77.7 Å². The third-order valence-corrected chi connectivity index (χ3v) is 5.71. The number of amides is 2. The van der Waals surface area contributed by atoms with E-state index in [0.29, 0.717) is 11.3 Å². The van der Waals surface area contributed by atoms with Crippen LogP contribution in [0, 0.1) is 10.1 Å². The van der Waals surface area contributed by atoms with E-state index in [-0.39, 0.29) is 28.5 Å². The first-order chi connectivity index (χ1) is 14.8. The fourth-order valence-electron chi connectivity index (χ4n) is 2.79. The van der Waals surface area contributed by atoms with Crippen LogP contribution in [-0.4, -0.2) is 19.4 Å². The number of nitrogens with one attached hydrogen (secondary N) is 3. The van der Waals surface area contributed by atoms with Crippen LogP contribution >= 0.6 is 0 Å². The Labute approximate surface area is 178 Å². The van der Waals surface area contributed by atoms with E-state index in [1.54, 1.807) is 24.3 Å². The number of nitro groups is 1. The molecular weight excluding hydrogens is 422 g/mol. The van der Waals surface area contributed by atoms with Gasteiger partial charge < -0.3 is 16.4 Å². The van der Waals surface area contributed by atoms with Gasteiger partial charge in [-0.3, -0.25) is 14.8 Å². The van der Waals surface area contributed by atoms with Crippen molar-refractivity contribution in [2.75, 3.05) is 15.4 Å². The lowest BCUT2D eigenvalue weighted by Crippen LogP contribution is -2.20. The van der Waals surface area contributed by atoms with E-state index < -0.39 is 21.0 Å². The van der Waals surface area contributed by atoms with Gasteiger partial charge in [-0.25, -0.2) is 13.2 Å². The summed E-state index contributed by atoms with van der Waals surface area (Å²) in [6.07, 6.45) is 0. The molecule has 0 aromatic heterocycles. The lowest BCUT2D eigenvalue weighted by Gasteiger charge is -2.12. The van der Waals surface area contributed by atoms with Gasteiger partial charge in [0.05, 0.1) is 9.82 Å². The Bertz CT molecular complexity index is 1210. The van der Waals surface area contributed by atoms with E-state index in [9.17, 15) is 23.3 Å². The molecule has 0 fully saturated rings. The molecule has 160 valence electrons. The number of nitro benzene ring substituents is 1. The summed E-state index contributed by atoms with van der Waals surface area (Å²) in [6, 6.07) is 17.4. The maximum Gasteiger partial charge on any atom is 0.323 e. The van der Waals surface area contributed by atoms with E-state index >= 15 is 0 Å². The van der Waals surface area contributed by atoms with Gasteiger partial charge >= 0.3 is 6.03 Å². The first kappa shape index (κ1) is 21.7. The molecular formula is C20H19N5O5S. The van der Waals surface area contributed by atoms with Gasteiger partial charge in [0, 0.05) is 24.0 Å². The largest absolute Gasteiger partial charge is 0.326 e. The maximum atomic E-state index is 12.6. The molecule has 0 spiro atoms. The number of carbonyl (C=O) groups excluding carboxylic acids is 1. The number of sulfonamides is 1. The number of benzene rings is 3. The highest BCUT2D eigenvalue weighted by Gasteiger charge is 2.18. The van der Waals surface area contributed by atoms with Crippen molar-refractivity contribution in [3.8, 4) is 0 Å². The number of hydrogen-bond donors (Lipinski definition) is 4. The van der Waals surface area contributed by atoms with Crippen LogP contribution in [0.1, 0.15) is 5.56 Å². The van der Waals surface area contributed by atoms with Crippen molar-refractivity contribution in [3.05, 3.63) is 88.5 Å². The first-order valence-corrected chi connectivity index (χ1v) is 10.5. The highest BCUT2D eigenvalue weighted by molar-refractivity contribution is 7.92. The highest BCUT2D eigenvalue weighted by atomic mass is 32.2. The second-order valence-electron chi connectivity index (χ2n) is 6.35. The van der Waals surface area contributed by atoms with Crippen LogP contribution < -0.4 is 21.1 Å². The number of nitrogens with zero attached hydrogens (tertiary/aromatic N) is 1. The minimum atomic E-state index is -3.84. The maximum absolute atomic E-state index is 12.6. The molecule has 0 aliphatic carbocycles. The molecule has 0 bridgehead atoms. The quantitative estimate of drug-likeness (QED) is 0.325. The summed E-state index contributed by atoms with van der Waals surface area (Å²) in [5.41, 5.74) is 6.56. The summed E-state index contributed by atoms with van der Waals surface area (Å²) < 4.78 is 27.7. The predicted octanol–water partition coefficient (Wildman–Crippen LogP) is 3.50. The minimum absolute atomic E-state index is 0.0490. The number of rotatable bonds is 7. The van der Waals surface area contributed by atoms with Gasteiger partial charge in [0.15, 0.2) is 0 Å². The van der Waals surface area contributed by atoms with Crippen LogP contribution in [0.3, 0.4) is 0 Å². The Balaban J connectivity index is 1.68. The zero-order valence-electron chi connectivity index (χ0n) is 16.1. The number of urea groups is 1. The van der Waals surface area contributed by atoms with Crippen molar-refractivity contribution >= 4 is 38.8 Å². The van der Waals surface area contributed by atoms with Crippen molar-refractivity contribution in [3.63, 3.8) is 0 Å². The molecule has 10 nitrogen and oxygen atoms in total. The summed E-state index contributed by atoms with van der Waals surface area (Å²) in [5, 5.41) is 16.0. The van der Waals surface area contributed by atoms with Crippen molar-refractivity contribution in [2.24, 2.45) is 5.73 Å². The second kappa shape index (κ2) is 9.24. The molecule has 5 N–H and O–H groups in total. The Morgan fingerprint density at radius 1 is 0.903 bits per heavy atom. The summed E-state index contributed by atoms with van der Waals surface area (Å²) in [6.45, 7) is 0.0780. The molecule has 0 unspecified atom stereocenters. The number of hydrogen-bond acceptors (Lipinski definition) is 6. The molecule has 0 aliphatic rings. The van der Waals surface area contributed by atoms with Gasteiger partial charge in [-0.1, -0.05) is 30.3 Å². The summed E-state index contributed by atoms with van der Waals surface area (Å²) in [7, 11) is -3.84. The molecule has 3 aromatic carbocycles. The number of nitrogens with two attached hydrogens (primary N) is 1. The van der Waals surface area contributed by atoms with Gasteiger partial charge in [0.2, 0.25) is 0 Å². The minimum Gasteiger partial charge on any atom is -0.326 e. The van der Waals surface area contributed by atoms with E-state index in [4.69, 9.17) is 5.73 Å². The lowest BCUT2D eigenvalue weighted by atomic mass is 10.2. The third kappa shape index (κ3) is 5.35. The van der Waals surface area contributed by atoms with Crippen molar-refractivity contribution in [1.29, 1.82) is 0 Å². The van der Waals surface area contributed by atoms with Crippen molar-refractivity contribution in [1.82, 2.24) is 0 Å². The van der Waals surface area contributed by atoms with Gasteiger partial charge in [-0.15, -0.1) is 0 Å². The number of para-hydroxylation sites is 2. The van der Waals surface area contributed by atoms with E-state index in [1.807, 2.05) is 0 Å². The Kier molecular flexibility index (Phi) is 6.48. The molecule has 31 heavy (non-hydrogen) atoms. The SMILES string of the molecule is NCc1ccccc1S(=O)(=O)Nc1ccc(NC(=O)Nc2ccccc2[N+](=O)[O-])cc1. The average molecular weight is 441 g/mol. The second-order valence-corrected chi connectivity index (χ2v) is 8.00. The van der Waals surface area contributed by atoms with E-state index in [2.05, 4.69) is 15.4 Å². The fourth-order valence-corrected chi connectivity index (χ4v) is 4.10. The number of carbonyl (C=O) groups is 1. The molecule has 0 atom stereocenters. The molecule has 11 heteroatoms. The molecule has 0 aliphatic heterocycles. The van der Waals surface area contributed by atoms with Crippen LogP contribution in [0.5, 0.6) is 0 Å². The Morgan fingerprint density at radius 3 is 2.19 bits per heavy atom. The number of anilines is 3. The fraction of sp³-hybridized carbons (Fsp3) is 0.0500. The van der Waals surface area contributed by atoms with Gasteiger partial charge in [0.1, 0.15) is 5.69 Å². The topological polar surface area (TPSA) is 156 Å². The van der Waals surface area contributed by atoms with E-state index in [0.717, 1.165) is 0 Å². The Morgan fingerprint density at radius 2 is 1.52 bits per heavy atom. The highest BCUT2D eigenvalue weighted by Crippen LogP contribution is 2.24. The standard InChI is InChI=1S/C20H19N5O5S/c21-13-14-5-1-4-8-19(14)31(29,30)24-16-11-9-15(10-12-16)22-20(26)23-17-6-2-3-7-18(17)25(27)28/h1-12,24H,13,21H2,(H2,22,23,26). The van der Waals surface area contributed by atoms with Gasteiger partial charge in [-0.05, 0) is 42.0 Å². The molecule has 0 radical (unpaired) electrons. The molecule has 0 heterocycles. The van der Waals surface area contributed by atoms with Gasteiger partial charge in [0.25, 0.3) is 15.7 Å². The molecule has 2 amide bonds. The zero-order valence-corrected chi connectivity index (χ0v) is 16.9. The van der Waals surface area contributed by atoms with Crippen LogP contribution in [-0.2, 0) is 16.6 Å². The summed E-state index contributed by atoms with van der Waals surface area (Å²) in [4.78, 5) is 22.7. The normalized spacial score (nSPS) is 10.9. The van der Waals surface area contributed by atoms with E-state index in [1.165, 1.54) is 48.5 Å². The van der Waals surface area contributed by atoms with Gasteiger partial charge in [-0.2, -0.15) is 0 Å².